The first-order chi connectivity index (χ1) is 9.20. The quantitative estimate of drug-likeness (QED) is 0.883. The molecule has 19 heavy (non-hydrogen) atoms. The third-order valence-corrected chi connectivity index (χ3v) is 2.91. The molecular formula is C14H15N3O2. The van der Waals surface area contributed by atoms with Crippen LogP contribution in [0.2, 0.25) is 0 Å². The molecule has 2 heterocycles. The minimum atomic E-state index is -0.266. The fourth-order valence-electron chi connectivity index (χ4n) is 1.74. The largest absolute Gasteiger partial charge is 0.456 e. The van der Waals surface area contributed by atoms with Gasteiger partial charge in [0.05, 0.1) is 11.9 Å². The molecule has 0 radical (unpaired) electrons. The summed E-state index contributed by atoms with van der Waals surface area (Å²) in [6.07, 6.45) is 4.05. The van der Waals surface area contributed by atoms with Gasteiger partial charge in [-0.2, -0.15) is 0 Å². The Morgan fingerprint density at radius 1 is 1.32 bits per heavy atom. The molecule has 3 rings (SSSR count). The Morgan fingerprint density at radius 3 is 2.74 bits per heavy atom. The van der Waals surface area contributed by atoms with E-state index in [0.717, 1.165) is 5.82 Å². The Kier molecular flexibility index (Phi) is 2.95. The Morgan fingerprint density at radius 2 is 2.16 bits per heavy atom. The number of rotatable bonds is 4. The van der Waals surface area contributed by atoms with Crippen molar-refractivity contribution in [2.75, 3.05) is 10.6 Å². The van der Waals surface area contributed by atoms with E-state index in [1.807, 2.05) is 12.1 Å². The molecule has 1 aliphatic carbocycles. The lowest BCUT2D eigenvalue weighted by Crippen LogP contribution is -2.11. The molecule has 0 spiro atoms. The fourth-order valence-corrected chi connectivity index (χ4v) is 1.74. The van der Waals surface area contributed by atoms with Crippen LogP contribution in [0.4, 0.5) is 11.5 Å². The smallest absolute Gasteiger partial charge is 0.291 e. The number of hydrogen-bond donors (Lipinski definition) is 2. The Labute approximate surface area is 111 Å². The third kappa shape index (κ3) is 2.93. The summed E-state index contributed by atoms with van der Waals surface area (Å²) >= 11 is 0. The first-order valence-electron chi connectivity index (χ1n) is 6.31. The standard InChI is InChI=1S/C14H15N3O2/c1-9-2-6-12(19-9)14(18)17-11-5-7-13(15-8-11)16-10-3-4-10/h2,5-8,10H,3-4H2,1H3,(H,15,16)(H,17,18). The van der Waals surface area contributed by atoms with Gasteiger partial charge in [-0.05, 0) is 44.0 Å². The average molecular weight is 257 g/mol. The fraction of sp³-hybridized carbons (Fsp3) is 0.286. The van der Waals surface area contributed by atoms with Gasteiger partial charge < -0.3 is 15.1 Å². The second-order valence-corrected chi connectivity index (χ2v) is 4.72. The first-order valence-corrected chi connectivity index (χ1v) is 6.31. The molecule has 98 valence electrons. The van der Waals surface area contributed by atoms with Crippen LogP contribution in [0, 0.1) is 6.92 Å². The molecular weight excluding hydrogens is 242 g/mol. The van der Waals surface area contributed by atoms with E-state index in [4.69, 9.17) is 4.42 Å². The van der Waals surface area contributed by atoms with Crippen molar-refractivity contribution in [1.29, 1.82) is 0 Å². The van der Waals surface area contributed by atoms with Crippen molar-refractivity contribution < 1.29 is 9.21 Å². The van der Waals surface area contributed by atoms with Crippen LogP contribution in [0.25, 0.3) is 0 Å². The maximum Gasteiger partial charge on any atom is 0.291 e. The van der Waals surface area contributed by atoms with Gasteiger partial charge in [0, 0.05) is 6.04 Å². The lowest BCUT2D eigenvalue weighted by molar-refractivity contribution is 0.0995. The molecule has 0 saturated heterocycles. The van der Waals surface area contributed by atoms with Gasteiger partial charge in [-0.15, -0.1) is 0 Å². The van der Waals surface area contributed by atoms with E-state index in [-0.39, 0.29) is 5.91 Å². The molecule has 1 saturated carbocycles. The molecule has 0 aromatic carbocycles. The van der Waals surface area contributed by atoms with Crippen molar-refractivity contribution in [3.63, 3.8) is 0 Å². The van der Waals surface area contributed by atoms with Crippen molar-refractivity contribution in [1.82, 2.24) is 4.98 Å². The number of amides is 1. The molecule has 1 amide bonds. The van der Waals surface area contributed by atoms with E-state index < -0.39 is 0 Å². The van der Waals surface area contributed by atoms with E-state index in [0.29, 0.717) is 23.2 Å². The van der Waals surface area contributed by atoms with E-state index in [1.165, 1.54) is 12.8 Å². The van der Waals surface area contributed by atoms with Gasteiger partial charge in [0.25, 0.3) is 5.91 Å². The highest BCUT2D eigenvalue weighted by Crippen LogP contribution is 2.24. The number of nitrogens with zero attached hydrogens (tertiary/aromatic N) is 1. The van der Waals surface area contributed by atoms with Gasteiger partial charge in [0.2, 0.25) is 0 Å². The number of pyridine rings is 1. The van der Waals surface area contributed by atoms with E-state index in [9.17, 15) is 4.79 Å². The predicted octanol–water partition coefficient (Wildman–Crippen LogP) is 2.81. The normalized spacial score (nSPS) is 14.2. The van der Waals surface area contributed by atoms with Crippen molar-refractivity contribution in [3.8, 4) is 0 Å². The highest BCUT2D eigenvalue weighted by molar-refractivity contribution is 6.02. The number of carbonyl (C=O) groups excluding carboxylic acids is 1. The molecule has 2 aromatic heterocycles. The topological polar surface area (TPSA) is 67.2 Å². The Balaban J connectivity index is 1.64. The maximum atomic E-state index is 11.9. The summed E-state index contributed by atoms with van der Waals surface area (Å²) in [5, 5.41) is 6.03. The number of nitrogens with one attached hydrogen (secondary N) is 2. The minimum Gasteiger partial charge on any atom is -0.456 e. The van der Waals surface area contributed by atoms with Crippen LogP contribution in [0.1, 0.15) is 29.2 Å². The van der Waals surface area contributed by atoms with Crippen LogP contribution in [0.5, 0.6) is 0 Å². The molecule has 0 unspecified atom stereocenters. The molecule has 0 bridgehead atoms. The summed E-state index contributed by atoms with van der Waals surface area (Å²) in [6, 6.07) is 7.67. The Hall–Kier alpha value is -2.30. The van der Waals surface area contributed by atoms with Gasteiger partial charge in [-0.25, -0.2) is 4.98 Å². The first kappa shape index (κ1) is 11.8. The second kappa shape index (κ2) is 4.76. The second-order valence-electron chi connectivity index (χ2n) is 4.72. The molecule has 0 aliphatic heterocycles. The van der Waals surface area contributed by atoms with E-state index in [2.05, 4.69) is 15.6 Å². The van der Waals surface area contributed by atoms with Crippen molar-refractivity contribution in [2.24, 2.45) is 0 Å². The van der Waals surface area contributed by atoms with Gasteiger partial charge in [-0.3, -0.25) is 4.79 Å². The number of aromatic nitrogens is 1. The molecule has 0 atom stereocenters. The molecule has 1 aliphatic rings. The third-order valence-electron chi connectivity index (χ3n) is 2.91. The average Bonchev–Trinajstić information content (AvgIpc) is 3.11. The van der Waals surface area contributed by atoms with Crippen LogP contribution in [0.15, 0.2) is 34.9 Å². The molecule has 5 heteroatoms. The Bertz CT molecular complexity index is 585. The van der Waals surface area contributed by atoms with Gasteiger partial charge in [-0.1, -0.05) is 0 Å². The number of aryl methyl sites for hydroxylation is 1. The van der Waals surface area contributed by atoms with Crippen molar-refractivity contribution >= 4 is 17.4 Å². The highest BCUT2D eigenvalue weighted by Gasteiger charge is 2.21. The predicted molar refractivity (Wildman–Crippen MR) is 72.3 cm³/mol. The zero-order valence-electron chi connectivity index (χ0n) is 10.6. The molecule has 2 N–H and O–H groups in total. The van der Waals surface area contributed by atoms with Gasteiger partial charge >= 0.3 is 0 Å². The summed E-state index contributed by atoms with van der Waals surface area (Å²) in [4.78, 5) is 16.1. The monoisotopic (exact) mass is 257 g/mol. The van der Waals surface area contributed by atoms with E-state index >= 15 is 0 Å². The molecule has 1 fully saturated rings. The molecule has 5 nitrogen and oxygen atoms in total. The summed E-state index contributed by atoms with van der Waals surface area (Å²) in [5.41, 5.74) is 0.653. The summed E-state index contributed by atoms with van der Waals surface area (Å²) in [5.74, 6) is 1.59. The number of carbonyl (C=O) groups is 1. The SMILES string of the molecule is Cc1ccc(C(=O)Nc2ccc(NC3CC3)nc2)o1. The molecule has 2 aromatic rings. The number of furan rings is 1. The van der Waals surface area contributed by atoms with Crippen LogP contribution >= 0.6 is 0 Å². The highest BCUT2D eigenvalue weighted by atomic mass is 16.3. The van der Waals surface area contributed by atoms with Gasteiger partial charge in [0.1, 0.15) is 11.6 Å². The van der Waals surface area contributed by atoms with E-state index in [1.54, 1.807) is 25.3 Å². The maximum absolute atomic E-state index is 11.9. The van der Waals surface area contributed by atoms with Crippen LogP contribution in [-0.2, 0) is 0 Å². The van der Waals surface area contributed by atoms with Crippen molar-refractivity contribution in [2.45, 2.75) is 25.8 Å². The lowest BCUT2D eigenvalue weighted by atomic mass is 10.3. The number of anilines is 2. The van der Waals surface area contributed by atoms with Crippen LogP contribution in [0.3, 0.4) is 0 Å². The van der Waals surface area contributed by atoms with Crippen molar-refractivity contribution in [3.05, 3.63) is 42.0 Å². The summed E-state index contributed by atoms with van der Waals surface area (Å²) in [6.45, 7) is 1.80. The lowest BCUT2D eigenvalue weighted by Gasteiger charge is -2.05. The van der Waals surface area contributed by atoms with Crippen LogP contribution in [-0.4, -0.2) is 16.9 Å². The summed E-state index contributed by atoms with van der Waals surface area (Å²) < 4.78 is 5.26. The summed E-state index contributed by atoms with van der Waals surface area (Å²) in [7, 11) is 0. The number of hydrogen-bond acceptors (Lipinski definition) is 4. The zero-order chi connectivity index (χ0) is 13.2. The van der Waals surface area contributed by atoms with Crippen LogP contribution < -0.4 is 10.6 Å². The zero-order valence-corrected chi connectivity index (χ0v) is 10.6. The minimum absolute atomic E-state index is 0.266. The van der Waals surface area contributed by atoms with Gasteiger partial charge in [0.15, 0.2) is 5.76 Å².